The Labute approximate surface area is 177 Å². The first-order chi connectivity index (χ1) is 14.4. The molecule has 1 aliphatic rings. The summed E-state index contributed by atoms with van der Waals surface area (Å²) >= 11 is 2.71. The number of ether oxygens (including phenoxy) is 1. The topological polar surface area (TPSA) is 104 Å². The number of aromatic nitrogens is 1. The molecular formula is C20H15N3O5S2. The second-order valence-corrected chi connectivity index (χ2v) is 8.43. The van der Waals surface area contributed by atoms with E-state index in [9.17, 15) is 19.7 Å². The van der Waals surface area contributed by atoms with Gasteiger partial charge >= 0.3 is 5.97 Å². The van der Waals surface area contributed by atoms with Gasteiger partial charge in [-0.05, 0) is 30.0 Å². The quantitative estimate of drug-likeness (QED) is 0.351. The van der Waals surface area contributed by atoms with Crippen molar-refractivity contribution in [1.29, 1.82) is 0 Å². The van der Waals surface area contributed by atoms with E-state index in [4.69, 9.17) is 4.74 Å². The van der Waals surface area contributed by atoms with Crippen molar-refractivity contribution in [1.82, 2.24) is 4.57 Å². The van der Waals surface area contributed by atoms with Crippen molar-refractivity contribution >= 4 is 40.4 Å². The molecule has 0 saturated carbocycles. The Morgan fingerprint density at radius 3 is 2.80 bits per heavy atom. The lowest BCUT2D eigenvalue weighted by Gasteiger charge is -2.24. The van der Waals surface area contributed by atoms with Crippen molar-refractivity contribution in [3.63, 3.8) is 0 Å². The highest BCUT2D eigenvalue weighted by Gasteiger charge is 2.33. The predicted molar refractivity (Wildman–Crippen MR) is 113 cm³/mol. The predicted octanol–water partition coefficient (Wildman–Crippen LogP) is 2.38. The van der Waals surface area contributed by atoms with Crippen LogP contribution in [0, 0.1) is 10.1 Å². The van der Waals surface area contributed by atoms with Gasteiger partial charge in [0.15, 0.2) is 4.80 Å². The van der Waals surface area contributed by atoms with Gasteiger partial charge in [0.05, 0.1) is 33.9 Å². The van der Waals surface area contributed by atoms with Crippen LogP contribution in [0.3, 0.4) is 0 Å². The molecule has 1 aliphatic heterocycles. The highest BCUT2D eigenvalue weighted by atomic mass is 32.1. The molecule has 0 saturated heterocycles. The number of nitrogens with zero attached hydrogens (tertiary/aromatic N) is 3. The number of nitro groups is 1. The number of thiophene rings is 1. The molecule has 8 nitrogen and oxygen atoms in total. The number of carbonyl (C=O) groups excluding carboxylic acids is 1. The molecule has 0 amide bonds. The lowest BCUT2D eigenvalue weighted by molar-refractivity contribution is -0.384. The Morgan fingerprint density at radius 1 is 1.33 bits per heavy atom. The smallest absolute Gasteiger partial charge is 0.338 e. The van der Waals surface area contributed by atoms with E-state index < -0.39 is 16.9 Å². The maximum absolute atomic E-state index is 13.3. The highest BCUT2D eigenvalue weighted by molar-refractivity contribution is 7.11. The van der Waals surface area contributed by atoms with E-state index in [-0.39, 0.29) is 16.8 Å². The third-order valence-electron chi connectivity index (χ3n) is 4.64. The van der Waals surface area contributed by atoms with E-state index in [1.807, 2.05) is 17.5 Å². The minimum absolute atomic E-state index is 0.132. The number of hydrogen-bond acceptors (Lipinski definition) is 8. The van der Waals surface area contributed by atoms with Crippen LogP contribution in [0.2, 0.25) is 0 Å². The van der Waals surface area contributed by atoms with E-state index in [0.29, 0.717) is 20.6 Å². The van der Waals surface area contributed by atoms with Crippen LogP contribution in [0.1, 0.15) is 23.4 Å². The van der Waals surface area contributed by atoms with Crippen molar-refractivity contribution < 1.29 is 14.5 Å². The third kappa shape index (κ3) is 3.40. The Hall–Kier alpha value is -3.37. The maximum Gasteiger partial charge on any atom is 0.338 e. The van der Waals surface area contributed by atoms with Crippen LogP contribution in [-0.2, 0) is 9.53 Å². The Bertz CT molecular complexity index is 1370. The van der Waals surface area contributed by atoms with Crippen LogP contribution in [0.4, 0.5) is 5.69 Å². The molecule has 1 atom stereocenters. The molecule has 0 N–H and O–H groups in total. The second kappa shape index (κ2) is 7.81. The average Bonchev–Trinajstić information content (AvgIpc) is 3.35. The summed E-state index contributed by atoms with van der Waals surface area (Å²) in [7, 11) is 1.25. The molecule has 3 heterocycles. The van der Waals surface area contributed by atoms with Crippen molar-refractivity contribution in [3.8, 4) is 0 Å². The molecule has 0 bridgehead atoms. The normalized spacial score (nSPS) is 16.2. The average molecular weight is 441 g/mol. The standard InChI is InChI=1S/C20H15N3O5S2/c1-11-16(19(25)28-2)17(12-5-3-6-13(9-12)23(26)27)22-18(24)15(30-20(22)21-11)10-14-7-4-8-29-14/h3-10,17H,1-2H3/b15-10-. The van der Waals surface area contributed by atoms with Gasteiger partial charge < -0.3 is 4.74 Å². The first-order valence-electron chi connectivity index (χ1n) is 8.79. The zero-order valence-electron chi connectivity index (χ0n) is 15.9. The largest absolute Gasteiger partial charge is 0.466 e. The Kier molecular flexibility index (Phi) is 5.18. The fourth-order valence-electron chi connectivity index (χ4n) is 3.32. The molecule has 10 heteroatoms. The van der Waals surface area contributed by atoms with Crippen LogP contribution >= 0.6 is 22.7 Å². The van der Waals surface area contributed by atoms with E-state index in [1.54, 1.807) is 19.1 Å². The number of fused-ring (bicyclic) bond motifs is 1. The van der Waals surface area contributed by atoms with E-state index in [2.05, 4.69) is 4.99 Å². The maximum atomic E-state index is 13.3. The lowest BCUT2D eigenvalue weighted by atomic mass is 9.95. The van der Waals surface area contributed by atoms with Gasteiger partial charge in [-0.1, -0.05) is 29.5 Å². The Morgan fingerprint density at radius 2 is 2.13 bits per heavy atom. The van der Waals surface area contributed by atoms with Crippen LogP contribution in [-0.4, -0.2) is 22.6 Å². The minimum atomic E-state index is -0.876. The number of benzene rings is 1. The summed E-state index contributed by atoms with van der Waals surface area (Å²) in [5.41, 5.74) is 0.558. The van der Waals surface area contributed by atoms with Gasteiger partial charge in [0.25, 0.3) is 11.2 Å². The number of nitro benzene ring substituents is 1. The summed E-state index contributed by atoms with van der Waals surface area (Å²) in [5.74, 6) is -0.639. The van der Waals surface area contributed by atoms with Gasteiger partial charge in [-0.2, -0.15) is 0 Å². The van der Waals surface area contributed by atoms with E-state index in [1.165, 1.54) is 52.5 Å². The van der Waals surface area contributed by atoms with Gasteiger partial charge in [-0.3, -0.25) is 19.5 Å². The molecule has 1 unspecified atom stereocenters. The molecule has 0 aliphatic carbocycles. The number of carbonyl (C=O) groups is 1. The zero-order chi connectivity index (χ0) is 21.4. The van der Waals surface area contributed by atoms with Crippen molar-refractivity contribution in [2.75, 3.05) is 7.11 Å². The summed E-state index contributed by atoms with van der Waals surface area (Å²) < 4.78 is 6.80. The Balaban J connectivity index is 2.01. The summed E-state index contributed by atoms with van der Waals surface area (Å²) in [6.45, 7) is 1.66. The van der Waals surface area contributed by atoms with Crippen LogP contribution in [0.25, 0.3) is 6.08 Å². The second-order valence-electron chi connectivity index (χ2n) is 6.44. The monoisotopic (exact) mass is 441 g/mol. The number of hydrogen-bond donors (Lipinski definition) is 0. The fourth-order valence-corrected chi connectivity index (χ4v) is 5.09. The van der Waals surface area contributed by atoms with E-state index in [0.717, 1.165) is 4.88 Å². The van der Waals surface area contributed by atoms with E-state index >= 15 is 0 Å². The minimum Gasteiger partial charge on any atom is -0.466 e. The van der Waals surface area contributed by atoms with Crippen molar-refractivity contribution in [3.05, 3.63) is 93.3 Å². The molecule has 0 radical (unpaired) electrons. The summed E-state index contributed by atoms with van der Waals surface area (Å²) in [6, 6.07) is 8.81. The summed E-state index contributed by atoms with van der Waals surface area (Å²) in [4.78, 5) is 42.4. The first-order valence-corrected chi connectivity index (χ1v) is 10.5. The summed E-state index contributed by atoms with van der Waals surface area (Å²) in [5, 5.41) is 13.2. The molecule has 30 heavy (non-hydrogen) atoms. The van der Waals surface area contributed by atoms with Gasteiger partial charge in [-0.25, -0.2) is 9.79 Å². The highest BCUT2D eigenvalue weighted by Crippen LogP contribution is 2.32. The van der Waals surface area contributed by atoms with Crippen LogP contribution in [0.5, 0.6) is 0 Å². The molecular weight excluding hydrogens is 426 g/mol. The van der Waals surface area contributed by atoms with Gasteiger partial charge in [0.2, 0.25) is 0 Å². The lowest BCUT2D eigenvalue weighted by Crippen LogP contribution is -2.39. The number of allylic oxidation sites excluding steroid dienone is 1. The molecule has 3 aromatic rings. The van der Waals surface area contributed by atoms with Crippen LogP contribution in [0.15, 0.2) is 62.8 Å². The molecule has 1 aromatic carbocycles. The molecule has 4 rings (SSSR count). The number of thiazole rings is 1. The molecule has 0 spiro atoms. The first kappa shape index (κ1) is 19.9. The fraction of sp³-hybridized carbons (Fsp3) is 0.150. The van der Waals surface area contributed by atoms with Gasteiger partial charge in [0.1, 0.15) is 0 Å². The number of non-ortho nitro benzene ring substituents is 1. The number of rotatable bonds is 4. The summed E-state index contributed by atoms with van der Waals surface area (Å²) in [6.07, 6.45) is 1.77. The zero-order valence-corrected chi connectivity index (χ0v) is 17.5. The van der Waals surface area contributed by atoms with Gasteiger partial charge in [0, 0.05) is 17.0 Å². The molecule has 2 aromatic heterocycles. The van der Waals surface area contributed by atoms with Crippen molar-refractivity contribution in [2.45, 2.75) is 13.0 Å². The molecule has 0 fully saturated rings. The van der Waals surface area contributed by atoms with Crippen molar-refractivity contribution in [2.24, 2.45) is 4.99 Å². The van der Waals surface area contributed by atoms with Gasteiger partial charge in [-0.15, -0.1) is 11.3 Å². The molecule has 152 valence electrons. The third-order valence-corrected chi connectivity index (χ3v) is 6.44. The number of esters is 1. The SMILES string of the molecule is COC(=O)C1=C(C)N=c2s/c(=C\c3cccs3)c(=O)n2C1c1cccc([N+](=O)[O-])c1. The number of methoxy groups -OCH3 is 1. The van der Waals surface area contributed by atoms with Crippen LogP contribution < -0.4 is 14.9 Å².